The van der Waals surface area contributed by atoms with Crippen molar-refractivity contribution >= 4 is 7.60 Å². The van der Waals surface area contributed by atoms with Gasteiger partial charge in [0, 0.05) is 6.42 Å². The predicted octanol–water partition coefficient (Wildman–Crippen LogP) is 3.40. The summed E-state index contributed by atoms with van der Waals surface area (Å²) in [5, 5.41) is 9.32. The highest BCUT2D eigenvalue weighted by Gasteiger charge is 2.36. The summed E-state index contributed by atoms with van der Waals surface area (Å²) in [5.41, 5.74) is -0.0418. The van der Waals surface area contributed by atoms with E-state index in [1.54, 1.807) is 27.0 Å². The molecule has 110 valence electrons. The summed E-state index contributed by atoms with van der Waals surface area (Å²) in [7, 11) is -1.88. The molecule has 0 N–H and O–H groups in total. The smallest absolute Gasteiger partial charge is 0.348 e. The summed E-state index contributed by atoms with van der Waals surface area (Å²) < 4.78 is 28.4. The van der Waals surface area contributed by atoms with E-state index in [1.807, 2.05) is 24.3 Å². The van der Waals surface area contributed by atoms with Crippen molar-refractivity contribution in [2.24, 2.45) is 0 Å². The van der Waals surface area contributed by atoms with Gasteiger partial charge < -0.3 is 13.8 Å². The molecule has 6 heteroatoms. The van der Waals surface area contributed by atoms with Gasteiger partial charge in [-0.2, -0.15) is 5.26 Å². The van der Waals surface area contributed by atoms with Gasteiger partial charge in [-0.05, 0) is 25.5 Å². The van der Waals surface area contributed by atoms with Crippen molar-refractivity contribution in [1.82, 2.24) is 0 Å². The number of ether oxygens (including phenoxy) is 1. The molecule has 20 heavy (non-hydrogen) atoms. The van der Waals surface area contributed by atoms with Crippen LogP contribution in [0.25, 0.3) is 0 Å². The van der Waals surface area contributed by atoms with Crippen LogP contribution in [-0.2, 0) is 20.0 Å². The Kier molecular flexibility index (Phi) is 6.74. The number of methoxy groups -OCH3 is 1. The maximum absolute atomic E-state index is 12.6. The molecule has 0 spiro atoms. The minimum atomic E-state index is -3.44. The molecule has 0 radical (unpaired) electrons. The Hall–Kier alpha value is -1.34. The van der Waals surface area contributed by atoms with E-state index in [4.69, 9.17) is 13.8 Å². The summed E-state index contributed by atoms with van der Waals surface area (Å²) in [6.45, 7) is 3.93. The van der Waals surface area contributed by atoms with Crippen LogP contribution >= 0.6 is 7.60 Å². The van der Waals surface area contributed by atoms with Crippen LogP contribution in [0, 0.1) is 11.3 Å². The van der Waals surface area contributed by atoms with E-state index in [-0.39, 0.29) is 19.6 Å². The highest BCUT2D eigenvalue weighted by molar-refractivity contribution is 7.55. The summed E-state index contributed by atoms with van der Waals surface area (Å²) >= 11 is 0. The lowest BCUT2D eigenvalue weighted by molar-refractivity contribution is 0.215. The van der Waals surface area contributed by atoms with E-state index in [2.05, 4.69) is 0 Å². The van der Waals surface area contributed by atoms with Crippen LogP contribution < -0.4 is 4.74 Å². The van der Waals surface area contributed by atoms with Crippen LogP contribution in [0.15, 0.2) is 24.3 Å². The molecule has 0 aliphatic heterocycles. The molecule has 0 aromatic heterocycles. The fraction of sp³-hybridized carbons (Fsp3) is 0.500. The molecule has 0 heterocycles. The first-order valence-corrected chi connectivity index (χ1v) is 8.12. The van der Waals surface area contributed by atoms with Crippen LogP contribution in [0.2, 0.25) is 0 Å². The Morgan fingerprint density at radius 1 is 1.25 bits per heavy atom. The molecule has 0 fully saturated rings. The first-order chi connectivity index (χ1) is 9.61. The molecule has 0 bridgehead atoms. The average molecular weight is 297 g/mol. The number of nitrogens with zero attached hydrogens (tertiary/aromatic N) is 1. The minimum absolute atomic E-state index is 0.237. The van der Waals surface area contributed by atoms with Gasteiger partial charge in [-0.1, -0.05) is 18.2 Å². The molecule has 1 atom stereocenters. The SMILES string of the molecule is CCOP(=O)(OCC)C(C#N)Cc1ccccc1OC. The lowest BCUT2D eigenvalue weighted by atomic mass is 10.1. The number of para-hydroxylation sites is 1. The van der Waals surface area contributed by atoms with Gasteiger partial charge in [0.2, 0.25) is 0 Å². The fourth-order valence-electron chi connectivity index (χ4n) is 1.89. The van der Waals surface area contributed by atoms with Gasteiger partial charge in [0.05, 0.1) is 26.4 Å². The fourth-order valence-corrected chi connectivity index (χ4v) is 3.60. The van der Waals surface area contributed by atoms with E-state index in [1.165, 1.54) is 0 Å². The van der Waals surface area contributed by atoms with Crippen LogP contribution in [0.1, 0.15) is 19.4 Å². The van der Waals surface area contributed by atoms with Crippen molar-refractivity contribution in [3.8, 4) is 11.8 Å². The van der Waals surface area contributed by atoms with Gasteiger partial charge in [0.15, 0.2) is 5.66 Å². The van der Waals surface area contributed by atoms with Gasteiger partial charge in [-0.3, -0.25) is 4.57 Å². The lowest BCUT2D eigenvalue weighted by Crippen LogP contribution is -2.15. The second-order valence-electron chi connectivity index (χ2n) is 4.04. The topological polar surface area (TPSA) is 68.5 Å². The quantitative estimate of drug-likeness (QED) is 0.688. The first kappa shape index (κ1) is 16.7. The Balaban J connectivity index is 3.01. The maximum Gasteiger partial charge on any atom is 0.348 e. The Morgan fingerprint density at radius 3 is 2.35 bits per heavy atom. The van der Waals surface area contributed by atoms with E-state index in [0.717, 1.165) is 5.56 Å². The minimum Gasteiger partial charge on any atom is -0.496 e. The molecule has 1 aromatic carbocycles. The summed E-state index contributed by atoms with van der Waals surface area (Å²) in [6, 6.07) is 9.37. The summed E-state index contributed by atoms with van der Waals surface area (Å²) in [6.07, 6.45) is 0.262. The predicted molar refractivity (Wildman–Crippen MR) is 77.0 cm³/mol. The second kappa shape index (κ2) is 8.06. The Labute approximate surface area is 120 Å². The molecule has 0 amide bonds. The van der Waals surface area contributed by atoms with Gasteiger partial charge in [0.1, 0.15) is 5.75 Å². The number of hydrogen-bond acceptors (Lipinski definition) is 5. The maximum atomic E-state index is 12.6. The zero-order valence-electron chi connectivity index (χ0n) is 12.0. The first-order valence-electron chi connectivity index (χ1n) is 6.51. The largest absolute Gasteiger partial charge is 0.496 e. The Morgan fingerprint density at radius 2 is 1.85 bits per heavy atom. The molecule has 1 unspecified atom stereocenters. The van der Waals surface area contributed by atoms with Crippen LogP contribution in [0.5, 0.6) is 5.75 Å². The third kappa shape index (κ3) is 4.08. The van der Waals surface area contributed by atoms with E-state index in [9.17, 15) is 9.83 Å². The van der Waals surface area contributed by atoms with Crippen molar-refractivity contribution in [3.05, 3.63) is 29.8 Å². The summed E-state index contributed by atoms with van der Waals surface area (Å²) in [5.74, 6) is 0.660. The normalized spacial score (nSPS) is 12.7. The van der Waals surface area contributed by atoms with Crippen molar-refractivity contribution < 1.29 is 18.3 Å². The molecular weight excluding hydrogens is 277 g/mol. The third-order valence-electron chi connectivity index (χ3n) is 2.75. The van der Waals surface area contributed by atoms with Gasteiger partial charge in [-0.15, -0.1) is 0 Å². The Bertz CT molecular complexity index is 502. The number of rotatable bonds is 8. The summed E-state index contributed by atoms with van der Waals surface area (Å²) in [4.78, 5) is 0. The highest BCUT2D eigenvalue weighted by Crippen LogP contribution is 2.54. The molecule has 0 saturated heterocycles. The zero-order valence-corrected chi connectivity index (χ0v) is 12.9. The number of nitriles is 1. The van der Waals surface area contributed by atoms with Gasteiger partial charge >= 0.3 is 7.60 Å². The van der Waals surface area contributed by atoms with E-state index in [0.29, 0.717) is 5.75 Å². The van der Waals surface area contributed by atoms with E-state index >= 15 is 0 Å². The molecule has 0 aliphatic rings. The van der Waals surface area contributed by atoms with Crippen LogP contribution in [-0.4, -0.2) is 26.0 Å². The van der Waals surface area contributed by atoms with Gasteiger partial charge in [0.25, 0.3) is 0 Å². The molecule has 1 rings (SSSR count). The van der Waals surface area contributed by atoms with Crippen molar-refractivity contribution in [1.29, 1.82) is 5.26 Å². The van der Waals surface area contributed by atoms with Crippen LogP contribution in [0.4, 0.5) is 0 Å². The standard InChI is InChI=1S/C14H20NO4P/c1-4-18-20(16,19-5-2)13(11-15)10-12-8-6-7-9-14(12)17-3/h6-9,13H,4-5,10H2,1-3H3. The van der Waals surface area contributed by atoms with Crippen molar-refractivity contribution in [2.75, 3.05) is 20.3 Å². The number of benzene rings is 1. The monoisotopic (exact) mass is 297 g/mol. The molecule has 1 aromatic rings. The molecule has 0 saturated carbocycles. The second-order valence-corrected chi connectivity index (χ2v) is 6.26. The van der Waals surface area contributed by atoms with Crippen molar-refractivity contribution in [2.45, 2.75) is 25.9 Å². The van der Waals surface area contributed by atoms with E-state index < -0.39 is 13.3 Å². The highest BCUT2D eigenvalue weighted by atomic mass is 31.2. The number of hydrogen-bond donors (Lipinski definition) is 0. The van der Waals surface area contributed by atoms with Crippen molar-refractivity contribution in [3.63, 3.8) is 0 Å². The molecule has 5 nitrogen and oxygen atoms in total. The third-order valence-corrected chi connectivity index (χ3v) is 5.05. The van der Waals surface area contributed by atoms with Gasteiger partial charge in [-0.25, -0.2) is 0 Å². The molecule has 0 aliphatic carbocycles. The lowest BCUT2D eigenvalue weighted by Gasteiger charge is -2.22. The average Bonchev–Trinajstić information content (AvgIpc) is 2.45. The van der Waals surface area contributed by atoms with Crippen LogP contribution in [0.3, 0.4) is 0 Å². The molecular formula is C14H20NO4P. The zero-order chi connectivity index (χ0) is 15.0.